The van der Waals surface area contributed by atoms with Gasteiger partial charge in [0.05, 0.1) is 0 Å². The Hall–Kier alpha value is -1.39. The maximum atomic E-state index is 12.2. The van der Waals surface area contributed by atoms with Gasteiger partial charge in [-0.25, -0.2) is 0 Å². The predicted molar refractivity (Wildman–Crippen MR) is 82.9 cm³/mol. The van der Waals surface area contributed by atoms with Crippen molar-refractivity contribution in [3.8, 4) is 0 Å². The number of carbonyl (C=O) groups is 1. The van der Waals surface area contributed by atoms with Gasteiger partial charge in [-0.1, -0.05) is 13.8 Å². The molecule has 1 amide bonds. The molecule has 0 radical (unpaired) electrons. The van der Waals surface area contributed by atoms with Crippen LogP contribution in [-0.2, 0) is 11.2 Å². The summed E-state index contributed by atoms with van der Waals surface area (Å²) < 4.78 is 2.13. The lowest BCUT2D eigenvalue weighted by Crippen LogP contribution is -2.41. The maximum Gasteiger partial charge on any atom is 0.222 e. The standard InChI is InChI=1S/C16H28N4O/c1-12(2)8-16(21)19-7-5-6-14(10-19)9-15-18-17-11-20(15)13(3)4/h11-14H,5-10H2,1-4H3. The van der Waals surface area contributed by atoms with Gasteiger partial charge in [-0.3, -0.25) is 4.79 Å². The third-order valence-corrected chi connectivity index (χ3v) is 4.13. The van der Waals surface area contributed by atoms with Crippen LogP contribution in [0.3, 0.4) is 0 Å². The molecule has 0 spiro atoms. The predicted octanol–water partition coefficient (Wildman–Crippen LogP) is 2.69. The first-order chi connectivity index (χ1) is 9.97. The highest BCUT2D eigenvalue weighted by atomic mass is 16.2. The number of piperidine rings is 1. The molecule has 0 N–H and O–H groups in total. The van der Waals surface area contributed by atoms with E-state index in [2.05, 4.69) is 42.5 Å². The number of rotatable bonds is 5. The molecule has 5 heteroatoms. The number of hydrogen-bond donors (Lipinski definition) is 0. The van der Waals surface area contributed by atoms with Crippen molar-refractivity contribution in [1.82, 2.24) is 19.7 Å². The second-order valence-electron chi connectivity index (χ2n) is 6.90. The van der Waals surface area contributed by atoms with Gasteiger partial charge in [-0.2, -0.15) is 0 Å². The molecule has 1 saturated heterocycles. The zero-order valence-electron chi connectivity index (χ0n) is 13.7. The molecule has 0 bridgehead atoms. The lowest BCUT2D eigenvalue weighted by molar-refractivity contribution is -0.133. The molecular weight excluding hydrogens is 264 g/mol. The van der Waals surface area contributed by atoms with E-state index in [9.17, 15) is 4.79 Å². The largest absolute Gasteiger partial charge is 0.342 e. The molecule has 1 aliphatic rings. The molecule has 0 aromatic carbocycles. The Morgan fingerprint density at radius 3 is 2.81 bits per heavy atom. The first kappa shape index (κ1) is 16.0. The quantitative estimate of drug-likeness (QED) is 0.838. The molecule has 5 nitrogen and oxygen atoms in total. The van der Waals surface area contributed by atoms with E-state index in [1.165, 1.54) is 6.42 Å². The molecule has 1 aromatic rings. The summed E-state index contributed by atoms with van der Waals surface area (Å²) in [5.41, 5.74) is 0. The average Bonchev–Trinajstić information content (AvgIpc) is 2.86. The Morgan fingerprint density at radius 2 is 2.14 bits per heavy atom. The van der Waals surface area contributed by atoms with Crippen molar-refractivity contribution in [3.05, 3.63) is 12.2 Å². The van der Waals surface area contributed by atoms with Crippen molar-refractivity contribution < 1.29 is 4.79 Å². The summed E-state index contributed by atoms with van der Waals surface area (Å²) in [4.78, 5) is 14.3. The highest BCUT2D eigenvalue weighted by Gasteiger charge is 2.25. The lowest BCUT2D eigenvalue weighted by atomic mass is 9.93. The molecule has 2 rings (SSSR count). The summed E-state index contributed by atoms with van der Waals surface area (Å²) in [6.45, 7) is 10.3. The highest BCUT2D eigenvalue weighted by Crippen LogP contribution is 2.22. The van der Waals surface area contributed by atoms with E-state index in [-0.39, 0.29) is 0 Å². The van der Waals surface area contributed by atoms with Gasteiger partial charge in [0.1, 0.15) is 12.2 Å². The fourth-order valence-corrected chi connectivity index (χ4v) is 3.04. The fourth-order valence-electron chi connectivity index (χ4n) is 3.04. The Morgan fingerprint density at radius 1 is 1.38 bits per heavy atom. The molecule has 0 aliphatic carbocycles. The molecule has 1 fully saturated rings. The zero-order chi connectivity index (χ0) is 15.4. The van der Waals surface area contributed by atoms with Crippen molar-refractivity contribution in [3.63, 3.8) is 0 Å². The monoisotopic (exact) mass is 292 g/mol. The molecule has 0 saturated carbocycles. The number of nitrogens with zero attached hydrogens (tertiary/aromatic N) is 4. The van der Waals surface area contributed by atoms with Crippen LogP contribution in [0.1, 0.15) is 58.8 Å². The van der Waals surface area contributed by atoms with Crippen molar-refractivity contribution in [2.75, 3.05) is 13.1 Å². The van der Waals surface area contributed by atoms with E-state index in [0.29, 0.717) is 30.2 Å². The molecule has 1 unspecified atom stereocenters. The first-order valence-electron chi connectivity index (χ1n) is 8.13. The minimum Gasteiger partial charge on any atom is -0.342 e. The Kier molecular flexibility index (Phi) is 5.37. The second kappa shape index (κ2) is 7.05. The van der Waals surface area contributed by atoms with Crippen LogP contribution in [0.4, 0.5) is 0 Å². The van der Waals surface area contributed by atoms with Gasteiger partial charge in [0, 0.05) is 32.0 Å². The smallest absolute Gasteiger partial charge is 0.222 e. The van der Waals surface area contributed by atoms with Crippen LogP contribution < -0.4 is 0 Å². The van der Waals surface area contributed by atoms with Gasteiger partial charge in [0.15, 0.2) is 0 Å². The number of aromatic nitrogens is 3. The Bertz CT molecular complexity index is 467. The van der Waals surface area contributed by atoms with Crippen LogP contribution in [0, 0.1) is 11.8 Å². The fraction of sp³-hybridized carbons (Fsp3) is 0.812. The number of carbonyl (C=O) groups excluding carboxylic acids is 1. The zero-order valence-corrected chi connectivity index (χ0v) is 13.7. The molecule has 21 heavy (non-hydrogen) atoms. The van der Waals surface area contributed by atoms with Crippen LogP contribution in [0.15, 0.2) is 6.33 Å². The minimum atomic E-state index is 0.306. The number of likely N-dealkylation sites (tertiary alicyclic amines) is 1. The molecule has 118 valence electrons. The summed E-state index contributed by atoms with van der Waals surface area (Å²) in [7, 11) is 0. The summed E-state index contributed by atoms with van der Waals surface area (Å²) >= 11 is 0. The van der Waals surface area contributed by atoms with Gasteiger partial charge in [0.2, 0.25) is 5.91 Å². The summed E-state index contributed by atoms with van der Waals surface area (Å²) in [6, 6.07) is 0.386. The SMILES string of the molecule is CC(C)CC(=O)N1CCCC(Cc2nncn2C(C)C)C1. The maximum absolute atomic E-state index is 12.2. The summed E-state index contributed by atoms with van der Waals surface area (Å²) in [6.07, 6.45) is 5.67. The van der Waals surface area contributed by atoms with Crippen LogP contribution in [0.25, 0.3) is 0 Å². The molecule has 2 heterocycles. The van der Waals surface area contributed by atoms with Crippen LogP contribution in [0.5, 0.6) is 0 Å². The van der Waals surface area contributed by atoms with Gasteiger partial charge in [0.25, 0.3) is 0 Å². The van der Waals surface area contributed by atoms with Crippen molar-refractivity contribution in [2.45, 2.75) is 59.4 Å². The van der Waals surface area contributed by atoms with E-state index in [1.54, 1.807) is 0 Å². The minimum absolute atomic E-state index is 0.306. The van der Waals surface area contributed by atoms with Gasteiger partial charge < -0.3 is 9.47 Å². The third-order valence-electron chi connectivity index (χ3n) is 4.13. The Labute approximate surface area is 127 Å². The molecule has 1 aliphatic heterocycles. The molecule has 1 atom stereocenters. The van der Waals surface area contributed by atoms with E-state index in [4.69, 9.17) is 0 Å². The first-order valence-corrected chi connectivity index (χ1v) is 8.13. The van der Waals surface area contributed by atoms with Crippen LogP contribution >= 0.6 is 0 Å². The van der Waals surface area contributed by atoms with Gasteiger partial charge >= 0.3 is 0 Å². The van der Waals surface area contributed by atoms with Crippen molar-refractivity contribution in [2.24, 2.45) is 11.8 Å². The molecular formula is C16H28N4O. The van der Waals surface area contributed by atoms with Crippen molar-refractivity contribution >= 4 is 5.91 Å². The van der Waals surface area contributed by atoms with Crippen LogP contribution in [0.2, 0.25) is 0 Å². The average molecular weight is 292 g/mol. The topological polar surface area (TPSA) is 51.0 Å². The highest BCUT2D eigenvalue weighted by molar-refractivity contribution is 5.76. The van der Waals surface area contributed by atoms with Crippen LogP contribution in [-0.4, -0.2) is 38.7 Å². The normalized spacial score (nSPS) is 19.5. The summed E-state index contributed by atoms with van der Waals surface area (Å²) in [5, 5.41) is 8.29. The third kappa shape index (κ3) is 4.29. The van der Waals surface area contributed by atoms with Crippen molar-refractivity contribution in [1.29, 1.82) is 0 Å². The van der Waals surface area contributed by atoms with E-state index >= 15 is 0 Å². The van der Waals surface area contributed by atoms with E-state index in [0.717, 1.165) is 31.8 Å². The number of hydrogen-bond acceptors (Lipinski definition) is 3. The lowest BCUT2D eigenvalue weighted by Gasteiger charge is -2.33. The van der Waals surface area contributed by atoms with E-state index < -0.39 is 0 Å². The van der Waals surface area contributed by atoms with Gasteiger partial charge in [-0.05, 0) is 38.5 Å². The number of amides is 1. The van der Waals surface area contributed by atoms with E-state index in [1.807, 2.05) is 11.2 Å². The molecule has 1 aromatic heterocycles. The summed E-state index contributed by atoms with van der Waals surface area (Å²) in [5.74, 6) is 2.30. The second-order valence-corrected chi connectivity index (χ2v) is 6.90. The Balaban J connectivity index is 1.95. The van der Waals surface area contributed by atoms with Gasteiger partial charge in [-0.15, -0.1) is 10.2 Å².